The molecule has 0 unspecified atom stereocenters. The molecule has 0 aromatic heterocycles. The minimum atomic E-state index is -4.55. The van der Waals surface area contributed by atoms with Gasteiger partial charge in [-0.1, -0.05) is 24.3 Å². The fourth-order valence-electron chi connectivity index (χ4n) is 1.53. The van der Waals surface area contributed by atoms with Gasteiger partial charge >= 0.3 is 18.6 Å². The highest BCUT2D eigenvalue weighted by molar-refractivity contribution is 5.68. The molecule has 1 amide bonds. The number of hydrogen-bond donors (Lipinski definition) is 1. The molecular weight excluding hydrogens is 330 g/mol. The van der Waals surface area contributed by atoms with Crippen LogP contribution in [-0.4, -0.2) is 30.8 Å². The zero-order chi connectivity index (χ0) is 18.4. The average Bonchev–Trinajstić information content (AvgIpc) is 2.41. The highest BCUT2D eigenvalue weighted by atomic mass is 19.3. The molecule has 4 nitrogen and oxygen atoms in total. The number of carbonyl (C=O) groups excluding carboxylic acids is 1. The number of carbonyl (C=O) groups is 1. The molecule has 1 aromatic rings. The lowest BCUT2D eigenvalue weighted by Crippen LogP contribution is -2.33. The molecule has 24 heavy (non-hydrogen) atoms. The van der Waals surface area contributed by atoms with E-state index in [4.69, 9.17) is 4.74 Å². The Morgan fingerprint density at radius 3 is 2.54 bits per heavy atom. The summed E-state index contributed by atoms with van der Waals surface area (Å²) in [7, 11) is 0. The highest BCUT2D eigenvalue weighted by Crippen LogP contribution is 2.28. The summed E-state index contributed by atoms with van der Waals surface area (Å²) >= 11 is 0. The van der Waals surface area contributed by atoms with E-state index < -0.39 is 24.2 Å². The summed E-state index contributed by atoms with van der Waals surface area (Å²) < 4.78 is 58.9. The fourth-order valence-corrected chi connectivity index (χ4v) is 1.53. The minimum absolute atomic E-state index is 0.146. The lowest BCUT2D eigenvalue weighted by Gasteiger charge is -2.19. The first-order chi connectivity index (χ1) is 11.0. The quantitative estimate of drug-likeness (QED) is 0.772. The van der Waals surface area contributed by atoms with Crippen LogP contribution in [0.3, 0.4) is 0 Å². The molecule has 0 heterocycles. The van der Waals surface area contributed by atoms with E-state index in [9.17, 15) is 22.4 Å². The molecular formula is C16H19F4NO3. The second-order valence-electron chi connectivity index (χ2n) is 5.82. The van der Waals surface area contributed by atoms with Crippen molar-refractivity contribution in [2.75, 3.05) is 6.54 Å². The van der Waals surface area contributed by atoms with Gasteiger partial charge in [0, 0.05) is 6.54 Å². The van der Waals surface area contributed by atoms with E-state index in [0.717, 1.165) is 6.07 Å². The van der Waals surface area contributed by atoms with E-state index in [0.29, 0.717) is 5.56 Å². The molecule has 8 heteroatoms. The topological polar surface area (TPSA) is 47.6 Å². The number of ether oxygens (including phenoxy) is 2. The lowest BCUT2D eigenvalue weighted by atomic mass is 10.2. The Labute approximate surface area is 137 Å². The number of alkyl carbamates (subject to hydrolysis) is 1. The van der Waals surface area contributed by atoms with E-state index in [-0.39, 0.29) is 12.3 Å². The van der Waals surface area contributed by atoms with Crippen LogP contribution in [0.5, 0.6) is 5.75 Å². The van der Waals surface area contributed by atoms with Crippen LogP contribution in [0.4, 0.5) is 22.4 Å². The molecule has 1 aromatic carbocycles. The molecule has 0 radical (unpaired) electrons. The Bertz CT molecular complexity index is 583. The smallest absolute Gasteiger partial charge is 0.444 e. The third-order valence-corrected chi connectivity index (χ3v) is 2.44. The zero-order valence-corrected chi connectivity index (χ0v) is 13.5. The van der Waals surface area contributed by atoms with Crippen LogP contribution in [0.1, 0.15) is 26.3 Å². The number of alkyl halides is 4. The molecule has 0 fully saturated rings. The largest absolute Gasteiger partial charge is 0.461 e. The minimum Gasteiger partial charge on any atom is -0.444 e. The van der Waals surface area contributed by atoms with Gasteiger partial charge in [0.05, 0.1) is 0 Å². The van der Waals surface area contributed by atoms with Crippen molar-refractivity contribution in [3.8, 4) is 5.75 Å². The molecule has 1 rings (SSSR count). The van der Waals surface area contributed by atoms with Gasteiger partial charge in [0.2, 0.25) is 0 Å². The Morgan fingerprint density at radius 1 is 1.29 bits per heavy atom. The lowest BCUT2D eigenvalue weighted by molar-refractivity contribution is -0.253. The maximum Gasteiger partial charge on any atom is 0.461 e. The van der Waals surface area contributed by atoms with Crippen molar-refractivity contribution in [1.29, 1.82) is 0 Å². The molecule has 0 aliphatic carbocycles. The molecule has 134 valence electrons. The number of benzene rings is 1. The van der Waals surface area contributed by atoms with Gasteiger partial charge in [-0.3, -0.25) is 0 Å². The number of rotatable bonds is 6. The molecule has 0 atom stereocenters. The van der Waals surface area contributed by atoms with Gasteiger partial charge in [-0.05, 0) is 38.5 Å². The summed E-state index contributed by atoms with van der Waals surface area (Å²) in [4.78, 5) is 11.4. The second kappa shape index (κ2) is 8.03. The van der Waals surface area contributed by atoms with Gasteiger partial charge in [-0.25, -0.2) is 4.79 Å². The second-order valence-corrected chi connectivity index (χ2v) is 5.82. The highest BCUT2D eigenvalue weighted by Gasteiger charge is 2.43. The first-order valence-corrected chi connectivity index (χ1v) is 7.08. The number of hydrogen-bond acceptors (Lipinski definition) is 3. The standard InChI is InChI=1S/C16H19F4NO3/c1-15(2,3)24-14(22)21-9-5-7-11-6-4-8-12(10-11)23-16(19,20)13(17)18/h4-8,10,13H,9H2,1-3H3,(H,21,22). The molecule has 0 saturated heterocycles. The molecule has 0 saturated carbocycles. The van der Waals surface area contributed by atoms with Crippen molar-refractivity contribution in [1.82, 2.24) is 5.32 Å². The molecule has 0 bridgehead atoms. The maximum absolute atomic E-state index is 12.8. The SMILES string of the molecule is CC(C)(C)OC(=O)NCC=Cc1cccc(OC(F)(F)C(F)F)c1. The van der Waals surface area contributed by atoms with Gasteiger partial charge in [0.1, 0.15) is 11.4 Å². The van der Waals surface area contributed by atoms with Crippen molar-refractivity contribution in [2.24, 2.45) is 0 Å². The molecule has 0 spiro atoms. The first-order valence-electron chi connectivity index (χ1n) is 7.08. The summed E-state index contributed by atoms with van der Waals surface area (Å²) in [6.45, 7) is 5.32. The van der Waals surface area contributed by atoms with Crippen LogP contribution >= 0.6 is 0 Å². The predicted octanol–water partition coefficient (Wildman–Crippen LogP) is 4.46. The third kappa shape index (κ3) is 7.34. The van der Waals surface area contributed by atoms with Gasteiger partial charge in [-0.15, -0.1) is 0 Å². The van der Waals surface area contributed by atoms with Crippen molar-refractivity contribution < 1.29 is 31.8 Å². The van der Waals surface area contributed by atoms with Crippen LogP contribution in [0.2, 0.25) is 0 Å². The van der Waals surface area contributed by atoms with Crippen LogP contribution in [0.15, 0.2) is 30.3 Å². The Balaban J connectivity index is 2.57. The zero-order valence-electron chi connectivity index (χ0n) is 13.5. The van der Waals surface area contributed by atoms with E-state index in [1.807, 2.05) is 0 Å². The van der Waals surface area contributed by atoms with Gasteiger partial charge in [-0.2, -0.15) is 17.6 Å². The maximum atomic E-state index is 12.8. The van der Waals surface area contributed by atoms with Crippen LogP contribution in [0.25, 0.3) is 6.08 Å². The Hall–Kier alpha value is -2.25. The fraction of sp³-hybridized carbons (Fsp3) is 0.438. The summed E-state index contributed by atoms with van der Waals surface area (Å²) in [6.07, 6.45) is -6.00. The van der Waals surface area contributed by atoms with Crippen molar-refractivity contribution in [3.63, 3.8) is 0 Å². The van der Waals surface area contributed by atoms with Crippen molar-refractivity contribution in [3.05, 3.63) is 35.9 Å². The van der Waals surface area contributed by atoms with E-state index >= 15 is 0 Å². The van der Waals surface area contributed by atoms with E-state index in [2.05, 4.69) is 10.1 Å². The van der Waals surface area contributed by atoms with Gasteiger partial charge < -0.3 is 14.8 Å². The third-order valence-electron chi connectivity index (χ3n) is 2.44. The predicted molar refractivity (Wildman–Crippen MR) is 81.3 cm³/mol. The van der Waals surface area contributed by atoms with Crippen molar-refractivity contribution >= 4 is 12.2 Å². The summed E-state index contributed by atoms with van der Waals surface area (Å²) in [5.74, 6) is -0.387. The first kappa shape index (κ1) is 19.8. The molecule has 0 aliphatic heterocycles. The van der Waals surface area contributed by atoms with E-state index in [1.165, 1.54) is 18.2 Å². The van der Waals surface area contributed by atoms with Crippen molar-refractivity contribution in [2.45, 2.75) is 38.9 Å². The number of nitrogens with one attached hydrogen (secondary N) is 1. The van der Waals surface area contributed by atoms with Crippen LogP contribution in [0, 0.1) is 0 Å². The van der Waals surface area contributed by atoms with Gasteiger partial charge in [0.25, 0.3) is 0 Å². The summed E-state index contributed by atoms with van der Waals surface area (Å²) in [5, 5.41) is 2.48. The van der Waals surface area contributed by atoms with Crippen LogP contribution in [-0.2, 0) is 4.74 Å². The molecule has 1 N–H and O–H groups in total. The normalized spacial score (nSPS) is 12.5. The molecule has 0 aliphatic rings. The number of amides is 1. The van der Waals surface area contributed by atoms with Gasteiger partial charge in [0.15, 0.2) is 0 Å². The monoisotopic (exact) mass is 349 g/mol. The number of halogens is 4. The van der Waals surface area contributed by atoms with E-state index in [1.54, 1.807) is 32.9 Å². The summed E-state index contributed by atoms with van der Waals surface area (Å²) in [5.41, 5.74) is -0.168. The Morgan fingerprint density at radius 2 is 1.96 bits per heavy atom. The summed E-state index contributed by atoms with van der Waals surface area (Å²) in [6, 6.07) is 5.28. The average molecular weight is 349 g/mol. The Kier molecular flexibility index (Phi) is 6.62. The van der Waals surface area contributed by atoms with Crippen LogP contribution < -0.4 is 10.1 Å².